The number of ether oxygens (including phenoxy) is 1. The van der Waals surface area contributed by atoms with Crippen LogP contribution in [0.3, 0.4) is 0 Å². The first-order valence-electron chi connectivity index (χ1n) is 6.42. The van der Waals surface area contributed by atoms with Crippen molar-refractivity contribution in [3.63, 3.8) is 0 Å². The van der Waals surface area contributed by atoms with E-state index in [9.17, 15) is 0 Å². The van der Waals surface area contributed by atoms with Crippen LogP contribution in [0.5, 0.6) is 5.75 Å². The average molecular weight is 257 g/mol. The minimum Gasteiger partial charge on any atom is -0.489 e. The number of aliphatic hydroxyl groups excluding tert-OH is 1. The molecule has 1 atom stereocenters. The maximum absolute atomic E-state index is 8.91. The maximum Gasteiger partial charge on any atom is 0.120 e. The van der Waals surface area contributed by atoms with Crippen molar-refractivity contribution in [1.82, 2.24) is 0 Å². The third-order valence-corrected chi connectivity index (χ3v) is 2.97. The largest absolute Gasteiger partial charge is 0.489 e. The third-order valence-electron chi connectivity index (χ3n) is 2.97. The van der Waals surface area contributed by atoms with Gasteiger partial charge in [0, 0.05) is 12.6 Å². The zero-order valence-electron chi connectivity index (χ0n) is 10.8. The van der Waals surface area contributed by atoms with Crippen LogP contribution in [0, 0.1) is 0 Å². The van der Waals surface area contributed by atoms with E-state index in [0.717, 1.165) is 16.9 Å². The number of benzene rings is 2. The summed E-state index contributed by atoms with van der Waals surface area (Å²) in [6, 6.07) is 17.6. The molecule has 0 saturated heterocycles. The predicted molar refractivity (Wildman–Crippen MR) is 75.8 cm³/mol. The summed E-state index contributed by atoms with van der Waals surface area (Å²) in [4.78, 5) is 0. The summed E-state index contributed by atoms with van der Waals surface area (Å²) in [5.74, 6) is 0.801. The molecule has 0 unspecified atom stereocenters. The van der Waals surface area contributed by atoms with Crippen LogP contribution in [0.25, 0.3) is 0 Å². The van der Waals surface area contributed by atoms with E-state index in [2.05, 4.69) is 0 Å². The molecule has 0 aliphatic heterocycles. The van der Waals surface area contributed by atoms with Crippen molar-refractivity contribution in [2.75, 3.05) is 6.61 Å². The second kappa shape index (κ2) is 6.92. The summed E-state index contributed by atoms with van der Waals surface area (Å²) in [6.07, 6.45) is 0.558. The highest BCUT2D eigenvalue weighted by molar-refractivity contribution is 5.30. The van der Waals surface area contributed by atoms with Gasteiger partial charge in [-0.05, 0) is 29.7 Å². The van der Waals surface area contributed by atoms with Crippen LogP contribution in [0.15, 0.2) is 54.6 Å². The first-order chi connectivity index (χ1) is 9.29. The van der Waals surface area contributed by atoms with Gasteiger partial charge in [-0.2, -0.15) is 0 Å². The number of hydrogen-bond acceptors (Lipinski definition) is 3. The maximum atomic E-state index is 8.91. The van der Waals surface area contributed by atoms with E-state index in [1.54, 1.807) is 0 Å². The van der Waals surface area contributed by atoms with E-state index in [1.807, 2.05) is 54.6 Å². The molecule has 2 rings (SSSR count). The topological polar surface area (TPSA) is 55.5 Å². The molecule has 2 aromatic carbocycles. The molecule has 0 amide bonds. The van der Waals surface area contributed by atoms with Gasteiger partial charge in [-0.15, -0.1) is 0 Å². The SMILES string of the molecule is N[C@H](CCO)c1cccc(OCc2ccccc2)c1. The van der Waals surface area contributed by atoms with Crippen LogP contribution < -0.4 is 10.5 Å². The van der Waals surface area contributed by atoms with Crippen molar-refractivity contribution in [2.24, 2.45) is 5.73 Å². The molecular formula is C16H19NO2. The predicted octanol–water partition coefficient (Wildman–Crippen LogP) is 2.65. The third kappa shape index (κ3) is 4.09. The average Bonchev–Trinajstić information content (AvgIpc) is 2.47. The molecule has 0 aliphatic rings. The molecule has 0 aliphatic carbocycles. The molecular weight excluding hydrogens is 238 g/mol. The molecule has 0 radical (unpaired) electrons. The van der Waals surface area contributed by atoms with Gasteiger partial charge in [-0.1, -0.05) is 42.5 Å². The van der Waals surface area contributed by atoms with Gasteiger partial charge in [-0.3, -0.25) is 0 Å². The smallest absolute Gasteiger partial charge is 0.120 e. The Kier molecular flexibility index (Phi) is 4.95. The van der Waals surface area contributed by atoms with Crippen molar-refractivity contribution in [3.8, 4) is 5.75 Å². The van der Waals surface area contributed by atoms with Crippen molar-refractivity contribution in [2.45, 2.75) is 19.1 Å². The Morgan fingerprint density at radius 1 is 1.05 bits per heavy atom. The summed E-state index contributed by atoms with van der Waals surface area (Å²) >= 11 is 0. The molecule has 2 aromatic rings. The van der Waals surface area contributed by atoms with Gasteiger partial charge in [0.15, 0.2) is 0 Å². The Morgan fingerprint density at radius 2 is 1.84 bits per heavy atom. The van der Waals surface area contributed by atoms with Gasteiger partial charge >= 0.3 is 0 Å². The van der Waals surface area contributed by atoms with Crippen LogP contribution in [0.2, 0.25) is 0 Å². The summed E-state index contributed by atoms with van der Waals surface area (Å²) in [5, 5.41) is 8.91. The molecule has 0 spiro atoms. The zero-order valence-corrected chi connectivity index (χ0v) is 10.8. The molecule has 0 saturated carbocycles. The molecule has 0 bridgehead atoms. The lowest BCUT2D eigenvalue weighted by Crippen LogP contribution is -2.11. The van der Waals surface area contributed by atoms with Crippen LogP contribution in [-0.4, -0.2) is 11.7 Å². The minimum atomic E-state index is -0.148. The lowest BCUT2D eigenvalue weighted by atomic mass is 10.1. The van der Waals surface area contributed by atoms with Gasteiger partial charge < -0.3 is 15.6 Å². The normalized spacial score (nSPS) is 12.1. The van der Waals surface area contributed by atoms with E-state index in [0.29, 0.717) is 13.0 Å². The minimum absolute atomic E-state index is 0.0935. The van der Waals surface area contributed by atoms with Gasteiger partial charge in [0.1, 0.15) is 12.4 Å². The second-order valence-electron chi connectivity index (χ2n) is 4.47. The van der Waals surface area contributed by atoms with Crippen LogP contribution >= 0.6 is 0 Å². The van der Waals surface area contributed by atoms with E-state index in [-0.39, 0.29) is 12.6 Å². The van der Waals surface area contributed by atoms with Crippen molar-refractivity contribution >= 4 is 0 Å². The summed E-state index contributed by atoms with van der Waals surface area (Å²) < 4.78 is 5.74. The quantitative estimate of drug-likeness (QED) is 0.836. The van der Waals surface area contributed by atoms with Crippen molar-refractivity contribution < 1.29 is 9.84 Å². The standard InChI is InChI=1S/C16H19NO2/c17-16(9-10-18)14-7-4-8-15(11-14)19-12-13-5-2-1-3-6-13/h1-8,11,16,18H,9-10,12,17H2/t16-/m1/s1. The number of nitrogens with two attached hydrogens (primary N) is 1. The van der Waals surface area contributed by atoms with E-state index in [4.69, 9.17) is 15.6 Å². The highest BCUT2D eigenvalue weighted by atomic mass is 16.5. The first-order valence-corrected chi connectivity index (χ1v) is 6.42. The van der Waals surface area contributed by atoms with Gasteiger partial charge in [0.25, 0.3) is 0 Å². The zero-order chi connectivity index (χ0) is 13.5. The number of aliphatic hydroxyl groups is 1. The Hall–Kier alpha value is -1.84. The first kappa shape index (κ1) is 13.6. The fourth-order valence-corrected chi connectivity index (χ4v) is 1.88. The number of hydrogen-bond donors (Lipinski definition) is 2. The number of rotatable bonds is 6. The Balaban J connectivity index is 1.99. The fourth-order valence-electron chi connectivity index (χ4n) is 1.88. The summed E-state index contributed by atoms with van der Waals surface area (Å²) in [5.41, 5.74) is 8.08. The molecule has 100 valence electrons. The Bertz CT molecular complexity index is 499. The highest BCUT2D eigenvalue weighted by Gasteiger charge is 2.06. The van der Waals surface area contributed by atoms with Crippen molar-refractivity contribution in [1.29, 1.82) is 0 Å². The molecule has 19 heavy (non-hydrogen) atoms. The Morgan fingerprint density at radius 3 is 2.58 bits per heavy atom. The lowest BCUT2D eigenvalue weighted by molar-refractivity contribution is 0.276. The van der Waals surface area contributed by atoms with E-state index >= 15 is 0 Å². The van der Waals surface area contributed by atoms with Crippen LogP contribution in [0.4, 0.5) is 0 Å². The Labute approximate surface area is 113 Å². The summed E-state index contributed by atoms with van der Waals surface area (Å²) in [6.45, 7) is 0.635. The fraction of sp³-hybridized carbons (Fsp3) is 0.250. The van der Waals surface area contributed by atoms with Gasteiger partial charge in [0.2, 0.25) is 0 Å². The molecule has 3 nitrogen and oxygen atoms in total. The molecule has 0 aromatic heterocycles. The van der Waals surface area contributed by atoms with Crippen LogP contribution in [-0.2, 0) is 6.61 Å². The monoisotopic (exact) mass is 257 g/mol. The van der Waals surface area contributed by atoms with E-state index < -0.39 is 0 Å². The second-order valence-corrected chi connectivity index (χ2v) is 4.47. The molecule has 0 fully saturated rings. The lowest BCUT2D eigenvalue weighted by Gasteiger charge is -2.12. The molecule has 3 N–H and O–H groups in total. The molecule has 3 heteroatoms. The summed E-state index contributed by atoms with van der Waals surface area (Å²) in [7, 11) is 0. The van der Waals surface area contributed by atoms with Gasteiger partial charge in [0.05, 0.1) is 0 Å². The van der Waals surface area contributed by atoms with Crippen LogP contribution in [0.1, 0.15) is 23.6 Å². The van der Waals surface area contributed by atoms with E-state index in [1.165, 1.54) is 0 Å². The van der Waals surface area contributed by atoms with Gasteiger partial charge in [-0.25, -0.2) is 0 Å². The van der Waals surface area contributed by atoms with Crippen molar-refractivity contribution in [3.05, 3.63) is 65.7 Å². The highest BCUT2D eigenvalue weighted by Crippen LogP contribution is 2.20. The molecule has 0 heterocycles.